The van der Waals surface area contributed by atoms with Crippen molar-refractivity contribution in [3.05, 3.63) is 23.9 Å². The van der Waals surface area contributed by atoms with Gasteiger partial charge in [0.15, 0.2) is 0 Å². The summed E-state index contributed by atoms with van der Waals surface area (Å²) >= 11 is 0. The van der Waals surface area contributed by atoms with Gasteiger partial charge in [0.1, 0.15) is 12.1 Å². The molecule has 0 aliphatic carbocycles. The zero-order valence-electron chi connectivity index (χ0n) is 9.72. The van der Waals surface area contributed by atoms with Crippen LogP contribution in [0.4, 0.5) is 5.82 Å². The van der Waals surface area contributed by atoms with E-state index >= 15 is 0 Å². The standard InChI is InChI=1S/C13H18N2O/c1-11-4-7-15(8-5-11)13-3-2-12(6-9-16)10-14-13/h2-3,9-11H,4-8H2,1H3. The van der Waals surface area contributed by atoms with E-state index in [2.05, 4.69) is 16.8 Å². The molecule has 0 aromatic carbocycles. The zero-order chi connectivity index (χ0) is 11.4. The fraction of sp³-hybridized carbons (Fsp3) is 0.538. The number of piperidine rings is 1. The van der Waals surface area contributed by atoms with Crippen LogP contribution in [0.1, 0.15) is 25.3 Å². The molecule has 3 heteroatoms. The molecule has 3 nitrogen and oxygen atoms in total. The lowest BCUT2D eigenvalue weighted by Gasteiger charge is -2.31. The molecule has 0 spiro atoms. The fourth-order valence-corrected chi connectivity index (χ4v) is 2.06. The summed E-state index contributed by atoms with van der Waals surface area (Å²) in [5, 5.41) is 0. The van der Waals surface area contributed by atoms with Crippen LogP contribution in [0.15, 0.2) is 18.3 Å². The minimum atomic E-state index is 0.463. The van der Waals surface area contributed by atoms with E-state index in [1.54, 1.807) is 0 Å². The third-order valence-corrected chi connectivity index (χ3v) is 3.24. The molecule has 0 radical (unpaired) electrons. The second-order valence-electron chi connectivity index (χ2n) is 4.57. The Hall–Kier alpha value is -1.38. The highest BCUT2D eigenvalue weighted by atomic mass is 16.1. The fourth-order valence-electron chi connectivity index (χ4n) is 2.06. The molecule has 1 aliphatic heterocycles. The van der Waals surface area contributed by atoms with Crippen LogP contribution >= 0.6 is 0 Å². The van der Waals surface area contributed by atoms with Gasteiger partial charge < -0.3 is 9.69 Å². The lowest BCUT2D eigenvalue weighted by atomic mass is 9.99. The van der Waals surface area contributed by atoms with Gasteiger partial charge in [-0.2, -0.15) is 0 Å². The van der Waals surface area contributed by atoms with Gasteiger partial charge in [-0.3, -0.25) is 0 Å². The molecule has 1 aromatic rings. The molecular formula is C13H18N2O. The summed E-state index contributed by atoms with van der Waals surface area (Å²) in [5.41, 5.74) is 0.990. The van der Waals surface area contributed by atoms with Gasteiger partial charge in [0.25, 0.3) is 0 Å². The van der Waals surface area contributed by atoms with E-state index in [0.717, 1.165) is 36.7 Å². The Morgan fingerprint density at radius 3 is 2.75 bits per heavy atom. The smallest absolute Gasteiger partial charge is 0.128 e. The Balaban J connectivity index is 2.01. The van der Waals surface area contributed by atoms with Crippen molar-refractivity contribution in [2.24, 2.45) is 5.92 Å². The molecule has 1 aliphatic rings. The molecule has 2 rings (SSSR count). The Morgan fingerprint density at radius 1 is 1.44 bits per heavy atom. The maximum Gasteiger partial charge on any atom is 0.128 e. The first-order valence-electron chi connectivity index (χ1n) is 5.93. The molecular weight excluding hydrogens is 200 g/mol. The number of carbonyl (C=O) groups is 1. The number of aromatic nitrogens is 1. The van der Waals surface area contributed by atoms with Crippen molar-refractivity contribution in [2.75, 3.05) is 18.0 Å². The summed E-state index contributed by atoms with van der Waals surface area (Å²) in [6.07, 6.45) is 5.68. The lowest BCUT2D eigenvalue weighted by molar-refractivity contribution is -0.107. The van der Waals surface area contributed by atoms with Crippen molar-refractivity contribution in [1.29, 1.82) is 0 Å². The highest BCUT2D eigenvalue weighted by Gasteiger charge is 2.16. The Kier molecular flexibility index (Phi) is 3.54. The van der Waals surface area contributed by atoms with E-state index in [1.807, 2.05) is 18.3 Å². The number of carbonyl (C=O) groups excluding carboxylic acids is 1. The van der Waals surface area contributed by atoms with Gasteiger partial charge in [0.05, 0.1) is 0 Å². The predicted molar refractivity (Wildman–Crippen MR) is 64.6 cm³/mol. The average molecular weight is 218 g/mol. The quantitative estimate of drug-likeness (QED) is 0.728. The summed E-state index contributed by atoms with van der Waals surface area (Å²) in [4.78, 5) is 17.1. The van der Waals surface area contributed by atoms with E-state index in [9.17, 15) is 4.79 Å². The molecule has 0 N–H and O–H groups in total. The molecule has 2 heterocycles. The summed E-state index contributed by atoms with van der Waals surface area (Å²) in [6, 6.07) is 4.02. The molecule has 1 saturated heterocycles. The highest BCUT2D eigenvalue weighted by molar-refractivity contribution is 5.55. The number of rotatable bonds is 3. The molecule has 0 saturated carbocycles. The van der Waals surface area contributed by atoms with Crippen molar-refractivity contribution >= 4 is 12.1 Å². The maximum atomic E-state index is 10.4. The van der Waals surface area contributed by atoms with Crippen molar-refractivity contribution in [3.63, 3.8) is 0 Å². The highest BCUT2D eigenvalue weighted by Crippen LogP contribution is 2.21. The summed E-state index contributed by atoms with van der Waals surface area (Å²) in [6.45, 7) is 4.50. The SMILES string of the molecule is CC1CCN(c2ccc(CC=O)cn2)CC1. The number of pyridine rings is 1. The first-order chi connectivity index (χ1) is 7.79. The zero-order valence-corrected chi connectivity index (χ0v) is 9.72. The van der Waals surface area contributed by atoms with Crippen LogP contribution in [0.5, 0.6) is 0 Å². The monoisotopic (exact) mass is 218 g/mol. The van der Waals surface area contributed by atoms with Crippen LogP contribution < -0.4 is 4.90 Å². The third-order valence-electron chi connectivity index (χ3n) is 3.24. The van der Waals surface area contributed by atoms with E-state index in [4.69, 9.17) is 0 Å². The minimum Gasteiger partial charge on any atom is -0.357 e. The van der Waals surface area contributed by atoms with Gasteiger partial charge in [-0.1, -0.05) is 13.0 Å². The molecule has 0 bridgehead atoms. The normalized spacial score (nSPS) is 17.4. The van der Waals surface area contributed by atoms with E-state index in [-0.39, 0.29) is 0 Å². The first-order valence-corrected chi connectivity index (χ1v) is 5.93. The number of anilines is 1. The second-order valence-corrected chi connectivity index (χ2v) is 4.57. The topological polar surface area (TPSA) is 33.2 Å². The van der Waals surface area contributed by atoms with Gasteiger partial charge in [-0.25, -0.2) is 4.98 Å². The minimum absolute atomic E-state index is 0.463. The van der Waals surface area contributed by atoms with Gasteiger partial charge in [-0.15, -0.1) is 0 Å². The second kappa shape index (κ2) is 5.10. The van der Waals surface area contributed by atoms with Crippen molar-refractivity contribution in [1.82, 2.24) is 4.98 Å². The molecule has 1 aromatic heterocycles. The summed E-state index contributed by atoms with van der Waals surface area (Å²) < 4.78 is 0. The van der Waals surface area contributed by atoms with E-state index in [1.165, 1.54) is 12.8 Å². The maximum absolute atomic E-state index is 10.4. The third kappa shape index (κ3) is 2.60. The molecule has 0 unspecified atom stereocenters. The summed E-state index contributed by atoms with van der Waals surface area (Å²) in [7, 11) is 0. The number of nitrogens with zero attached hydrogens (tertiary/aromatic N) is 2. The van der Waals surface area contributed by atoms with Crippen LogP contribution in [0.3, 0.4) is 0 Å². The van der Waals surface area contributed by atoms with Gasteiger partial charge in [0.2, 0.25) is 0 Å². The van der Waals surface area contributed by atoms with Crippen molar-refractivity contribution < 1.29 is 4.79 Å². The van der Waals surface area contributed by atoms with Gasteiger partial charge >= 0.3 is 0 Å². The van der Waals surface area contributed by atoms with Crippen molar-refractivity contribution in [3.8, 4) is 0 Å². The van der Waals surface area contributed by atoms with Gasteiger partial charge in [0, 0.05) is 25.7 Å². The summed E-state index contributed by atoms with van der Waals surface area (Å²) in [5.74, 6) is 1.88. The van der Waals surface area contributed by atoms with Crippen LogP contribution in [0.25, 0.3) is 0 Å². The Bertz CT molecular complexity index is 339. The van der Waals surface area contributed by atoms with Crippen molar-refractivity contribution in [2.45, 2.75) is 26.2 Å². The molecule has 0 atom stereocenters. The van der Waals surface area contributed by atoms with E-state index in [0.29, 0.717) is 6.42 Å². The lowest BCUT2D eigenvalue weighted by Crippen LogP contribution is -2.33. The molecule has 86 valence electrons. The Morgan fingerprint density at radius 2 is 2.19 bits per heavy atom. The Labute approximate surface area is 96.5 Å². The van der Waals surface area contributed by atoms with Crippen LogP contribution in [0, 0.1) is 5.92 Å². The van der Waals surface area contributed by atoms with E-state index < -0.39 is 0 Å². The van der Waals surface area contributed by atoms with Gasteiger partial charge in [-0.05, 0) is 30.4 Å². The molecule has 16 heavy (non-hydrogen) atoms. The molecule has 1 fully saturated rings. The first kappa shape index (κ1) is 11.1. The van der Waals surface area contributed by atoms with Crippen LogP contribution in [-0.2, 0) is 11.2 Å². The average Bonchev–Trinajstić information content (AvgIpc) is 2.32. The van der Waals surface area contributed by atoms with Crippen LogP contribution in [0.2, 0.25) is 0 Å². The number of hydrogen-bond acceptors (Lipinski definition) is 3. The largest absolute Gasteiger partial charge is 0.357 e. The predicted octanol–water partition coefficient (Wildman–Crippen LogP) is 2.06. The number of aldehydes is 1. The van der Waals surface area contributed by atoms with Crippen LogP contribution in [-0.4, -0.2) is 24.4 Å². The molecule has 0 amide bonds. The number of hydrogen-bond donors (Lipinski definition) is 0.